The highest BCUT2D eigenvalue weighted by molar-refractivity contribution is 7.13. The second-order valence-electron chi connectivity index (χ2n) is 6.69. The van der Waals surface area contributed by atoms with Crippen molar-refractivity contribution in [3.8, 4) is 5.75 Å². The van der Waals surface area contributed by atoms with Gasteiger partial charge in [-0.3, -0.25) is 9.59 Å². The molecule has 0 radical (unpaired) electrons. The van der Waals surface area contributed by atoms with Crippen LogP contribution in [0.4, 0.5) is 10.8 Å². The zero-order chi connectivity index (χ0) is 20.8. The fourth-order valence-corrected chi connectivity index (χ4v) is 3.49. The van der Waals surface area contributed by atoms with Crippen LogP contribution >= 0.6 is 11.3 Å². The Hall–Kier alpha value is -3.19. The van der Waals surface area contributed by atoms with E-state index in [1.807, 2.05) is 49.6 Å². The molecule has 150 valence electrons. The first-order chi connectivity index (χ1) is 13.9. The lowest BCUT2D eigenvalue weighted by molar-refractivity contribution is -0.123. The first-order valence-corrected chi connectivity index (χ1v) is 10.1. The van der Waals surface area contributed by atoms with Gasteiger partial charge in [-0.2, -0.15) is 0 Å². The molecule has 29 heavy (non-hydrogen) atoms. The first-order valence-electron chi connectivity index (χ1n) is 9.20. The molecule has 0 aliphatic rings. The van der Waals surface area contributed by atoms with Crippen LogP contribution in [0.15, 0.2) is 47.8 Å². The lowest BCUT2D eigenvalue weighted by Crippen LogP contribution is -2.28. The largest absolute Gasteiger partial charge is 0.483 e. The number of carbonyl (C=O) groups excluding carboxylic acids is 2. The summed E-state index contributed by atoms with van der Waals surface area (Å²) in [5, 5.41) is 8.62. The number of aryl methyl sites for hydroxylation is 2. The number of thiazole rings is 1. The summed E-state index contributed by atoms with van der Waals surface area (Å²) in [4.78, 5) is 27.9. The number of aromatic nitrogens is 1. The fourth-order valence-electron chi connectivity index (χ4n) is 2.76. The average Bonchev–Trinajstić information content (AvgIpc) is 3.14. The van der Waals surface area contributed by atoms with Crippen LogP contribution in [0.2, 0.25) is 0 Å². The van der Waals surface area contributed by atoms with Gasteiger partial charge in [-0.05, 0) is 56.2 Å². The average molecular weight is 410 g/mol. The van der Waals surface area contributed by atoms with Crippen molar-refractivity contribution >= 4 is 33.8 Å². The Morgan fingerprint density at radius 3 is 2.41 bits per heavy atom. The Morgan fingerprint density at radius 2 is 1.76 bits per heavy atom. The van der Waals surface area contributed by atoms with Crippen molar-refractivity contribution in [1.82, 2.24) is 10.3 Å². The van der Waals surface area contributed by atoms with Gasteiger partial charge in [-0.25, -0.2) is 4.98 Å². The molecule has 0 atom stereocenters. The summed E-state index contributed by atoms with van der Waals surface area (Å²) in [6.07, 6.45) is 0. The topological polar surface area (TPSA) is 80.3 Å². The van der Waals surface area contributed by atoms with Crippen LogP contribution in [0.5, 0.6) is 5.75 Å². The van der Waals surface area contributed by atoms with Crippen LogP contribution < -0.4 is 15.4 Å². The van der Waals surface area contributed by atoms with Crippen LogP contribution in [-0.4, -0.2) is 23.3 Å². The molecule has 0 spiro atoms. The van der Waals surface area contributed by atoms with Gasteiger partial charge < -0.3 is 15.4 Å². The van der Waals surface area contributed by atoms with Crippen LogP contribution in [0.1, 0.15) is 34.1 Å². The van der Waals surface area contributed by atoms with E-state index >= 15 is 0 Å². The molecule has 1 amide bonds. The van der Waals surface area contributed by atoms with Gasteiger partial charge in [-0.1, -0.05) is 18.2 Å². The molecule has 1 aromatic heterocycles. The first kappa shape index (κ1) is 20.5. The van der Waals surface area contributed by atoms with Crippen molar-refractivity contribution in [2.45, 2.75) is 27.3 Å². The zero-order valence-electron chi connectivity index (χ0n) is 16.6. The summed E-state index contributed by atoms with van der Waals surface area (Å²) < 4.78 is 5.66. The molecule has 7 heteroatoms. The molecule has 6 nitrogen and oxygen atoms in total. The molecule has 0 aliphatic carbocycles. The Morgan fingerprint density at radius 1 is 1.07 bits per heavy atom. The summed E-state index contributed by atoms with van der Waals surface area (Å²) in [6.45, 7) is 5.74. The number of benzene rings is 2. The molecule has 0 saturated carbocycles. The van der Waals surface area contributed by atoms with E-state index in [1.54, 1.807) is 12.1 Å². The Bertz CT molecular complexity index is 992. The van der Waals surface area contributed by atoms with Crippen LogP contribution in [0.25, 0.3) is 0 Å². The van der Waals surface area contributed by atoms with E-state index in [0.717, 1.165) is 33.4 Å². The number of rotatable bonds is 8. The normalized spacial score (nSPS) is 10.4. The molecule has 3 aromatic rings. The highest BCUT2D eigenvalue weighted by Gasteiger charge is 2.09. The molecular formula is C22H23N3O3S. The summed E-state index contributed by atoms with van der Waals surface area (Å²) >= 11 is 1.45. The number of hydrogen-bond donors (Lipinski definition) is 2. The molecule has 0 fully saturated rings. The SMILES string of the molecule is CC(=O)c1ccc(Nc2nc(CNC(=O)COc3c(C)cccc3C)cs2)cc1. The number of nitrogens with one attached hydrogen (secondary N) is 2. The maximum Gasteiger partial charge on any atom is 0.258 e. The molecule has 0 unspecified atom stereocenters. The predicted octanol–water partition coefficient (Wildman–Crippen LogP) is 4.40. The van der Waals surface area contributed by atoms with Crippen molar-refractivity contribution in [2.24, 2.45) is 0 Å². The number of ketones is 1. The van der Waals surface area contributed by atoms with E-state index in [2.05, 4.69) is 15.6 Å². The molecule has 0 bridgehead atoms. The van der Waals surface area contributed by atoms with E-state index in [9.17, 15) is 9.59 Å². The van der Waals surface area contributed by atoms with E-state index in [1.165, 1.54) is 18.3 Å². The summed E-state index contributed by atoms with van der Waals surface area (Å²) in [7, 11) is 0. The van der Waals surface area contributed by atoms with Crippen LogP contribution in [-0.2, 0) is 11.3 Å². The summed E-state index contributed by atoms with van der Waals surface area (Å²) in [5.41, 5.74) is 4.29. The Kier molecular flexibility index (Phi) is 6.61. The predicted molar refractivity (Wildman–Crippen MR) is 115 cm³/mol. The second-order valence-corrected chi connectivity index (χ2v) is 7.55. The van der Waals surface area contributed by atoms with E-state index in [4.69, 9.17) is 4.74 Å². The van der Waals surface area contributed by atoms with Gasteiger partial charge in [0.2, 0.25) is 0 Å². The number of para-hydroxylation sites is 1. The number of carbonyl (C=O) groups is 2. The minimum atomic E-state index is -0.199. The molecule has 3 rings (SSSR count). The van der Waals surface area contributed by atoms with E-state index in [0.29, 0.717) is 12.1 Å². The molecule has 1 heterocycles. The minimum Gasteiger partial charge on any atom is -0.483 e. The van der Waals surface area contributed by atoms with E-state index in [-0.39, 0.29) is 18.3 Å². The number of hydrogen-bond acceptors (Lipinski definition) is 6. The lowest BCUT2D eigenvalue weighted by Gasteiger charge is -2.11. The van der Waals surface area contributed by atoms with Crippen LogP contribution in [0.3, 0.4) is 0 Å². The third-order valence-corrected chi connectivity index (χ3v) is 5.12. The van der Waals surface area contributed by atoms with Gasteiger partial charge in [0.1, 0.15) is 5.75 Å². The van der Waals surface area contributed by atoms with Gasteiger partial charge in [0.15, 0.2) is 17.5 Å². The van der Waals surface area contributed by atoms with Gasteiger partial charge in [0.05, 0.1) is 12.2 Å². The molecule has 2 aromatic carbocycles. The minimum absolute atomic E-state index is 0.0328. The van der Waals surface area contributed by atoms with Crippen LogP contribution in [0, 0.1) is 13.8 Å². The number of nitrogens with zero attached hydrogens (tertiary/aromatic N) is 1. The molecule has 2 N–H and O–H groups in total. The van der Waals surface area contributed by atoms with Gasteiger partial charge >= 0.3 is 0 Å². The van der Waals surface area contributed by atoms with Gasteiger partial charge in [0, 0.05) is 16.6 Å². The smallest absolute Gasteiger partial charge is 0.258 e. The standard InChI is InChI=1S/C22H23N3O3S/c1-14-5-4-6-15(2)21(14)28-12-20(27)23-11-19-13-29-22(25-19)24-18-9-7-17(8-10-18)16(3)26/h4-10,13H,11-12H2,1-3H3,(H,23,27)(H,24,25). The van der Waals surface area contributed by atoms with Crippen molar-refractivity contribution in [1.29, 1.82) is 0 Å². The third kappa shape index (κ3) is 5.65. The molecule has 0 aliphatic heterocycles. The highest BCUT2D eigenvalue weighted by atomic mass is 32.1. The lowest BCUT2D eigenvalue weighted by atomic mass is 10.1. The second kappa shape index (κ2) is 9.34. The molecule has 0 saturated heterocycles. The van der Waals surface area contributed by atoms with Crippen molar-refractivity contribution < 1.29 is 14.3 Å². The van der Waals surface area contributed by atoms with E-state index < -0.39 is 0 Å². The zero-order valence-corrected chi connectivity index (χ0v) is 17.4. The Labute approximate surface area is 173 Å². The summed E-state index contributed by atoms with van der Waals surface area (Å²) in [5.74, 6) is 0.582. The maximum atomic E-state index is 12.1. The highest BCUT2D eigenvalue weighted by Crippen LogP contribution is 2.23. The monoisotopic (exact) mass is 409 g/mol. The fraction of sp³-hybridized carbons (Fsp3) is 0.227. The number of anilines is 2. The van der Waals surface area contributed by atoms with Crippen molar-refractivity contribution in [2.75, 3.05) is 11.9 Å². The molecular weight excluding hydrogens is 386 g/mol. The number of ether oxygens (including phenoxy) is 1. The van der Waals surface area contributed by atoms with Crippen molar-refractivity contribution in [3.05, 3.63) is 70.2 Å². The third-order valence-electron chi connectivity index (χ3n) is 4.32. The Balaban J connectivity index is 1.48. The quantitative estimate of drug-likeness (QED) is 0.539. The van der Waals surface area contributed by atoms with Gasteiger partial charge in [0.25, 0.3) is 5.91 Å². The summed E-state index contributed by atoms with van der Waals surface area (Å²) in [6, 6.07) is 13.1. The number of Topliss-reactive ketones (excluding diaryl/α,β-unsaturated/α-hetero) is 1. The number of amides is 1. The van der Waals surface area contributed by atoms with Gasteiger partial charge in [-0.15, -0.1) is 11.3 Å². The maximum absolute atomic E-state index is 12.1. The van der Waals surface area contributed by atoms with Crippen molar-refractivity contribution in [3.63, 3.8) is 0 Å².